The lowest BCUT2D eigenvalue weighted by molar-refractivity contribution is 0.0599. The molecule has 0 aliphatic heterocycles. The van der Waals surface area contributed by atoms with E-state index in [1.165, 1.54) is 36.6 Å². The minimum Gasteiger partial charge on any atom is -0.465 e. The summed E-state index contributed by atoms with van der Waals surface area (Å²) in [6.45, 7) is 0. The number of aromatic amines is 1. The third-order valence-electron chi connectivity index (χ3n) is 2.90. The summed E-state index contributed by atoms with van der Waals surface area (Å²) < 4.78 is 17.5. The van der Waals surface area contributed by atoms with Gasteiger partial charge in [-0.1, -0.05) is 11.3 Å². The first-order valence-electron chi connectivity index (χ1n) is 5.96. The molecular formula is C14H9FN2O3S. The second-order valence-electron chi connectivity index (χ2n) is 4.24. The smallest absolute Gasteiger partial charge is 0.343 e. The highest BCUT2D eigenvalue weighted by Gasteiger charge is 2.15. The Kier molecular flexibility index (Phi) is 3.26. The van der Waals surface area contributed by atoms with Crippen LogP contribution in [0.5, 0.6) is 0 Å². The number of rotatable bonds is 2. The van der Waals surface area contributed by atoms with Crippen molar-refractivity contribution in [3.05, 3.63) is 52.1 Å². The molecule has 21 heavy (non-hydrogen) atoms. The number of nitrogens with one attached hydrogen (secondary N) is 1. The Morgan fingerprint density at radius 2 is 2.05 bits per heavy atom. The number of aromatic nitrogens is 2. The highest BCUT2D eigenvalue weighted by molar-refractivity contribution is 7.21. The molecule has 0 bridgehead atoms. The third-order valence-corrected chi connectivity index (χ3v) is 3.94. The summed E-state index contributed by atoms with van der Waals surface area (Å²) in [5.41, 5.74) is 0.599. The van der Waals surface area contributed by atoms with E-state index in [0.29, 0.717) is 15.4 Å². The van der Waals surface area contributed by atoms with Crippen LogP contribution in [0.4, 0.5) is 4.39 Å². The number of carbonyl (C=O) groups is 1. The van der Waals surface area contributed by atoms with Crippen LogP contribution in [0.2, 0.25) is 0 Å². The molecule has 106 valence electrons. The molecular weight excluding hydrogens is 295 g/mol. The van der Waals surface area contributed by atoms with Crippen molar-refractivity contribution >= 4 is 27.7 Å². The van der Waals surface area contributed by atoms with E-state index < -0.39 is 11.5 Å². The normalized spacial score (nSPS) is 10.8. The number of ether oxygens (including phenoxy) is 1. The van der Waals surface area contributed by atoms with E-state index in [1.807, 2.05) is 0 Å². The van der Waals surface area contributed by atoms with Gasteiger partial charge in [0.25, 0.3) is 5.56 Å². The Labute approximate surface area is 122 Å². The number of hydrogen-bond acceptors (Lipinski definition) is 5. The van der Waals surface area contributed by atoms with Crippen LogP contribution >= 0.6 is 11.3 Å². The summed E-state index contributed by atoms with van der Waals surface area (Å²) in [5, 5.41) is 0.627. The Morgan fingerprint density at radius 3 is 2.71 bits per heavy atom. The maximum absolute atomic E-state index is 12.9. The zero-order valence-electron chi connectivity index (χ0n) is 10.8. The molecule has 7 heteroatoms. The molecule has 2 heterocycles. The molecule has 0 spiro atoms. The van der Waals surface area contributed by atoms with Gasteiger partial charge in [0.2, 0.25) is 0 Å². The van der Waals surface area contributed by atoms with E-state index in [4.69, 9.17) is 0 Å². The van der Waals surface area contributed by atoms with Gasteiger partial charge in [-0.05, 0) is 30.3 Å². The molecule has 0 amide bonds. The van der Waals surface area contributed by atoms with Gasteiger partial charge in [0, 0.05) is 5.56 Å². The summed E-state index contributed by atoms with van der Waals surface area (Å²) >= 11 is 1.26. The van der Waals surface area contributed by atoms with Gasteiger partial charge in [-0.25, -0.2) is 14.2 Å². The van der Waals surface area contributed by atoms with E-state index in [-0.39, 0.29) is 11.4 Å². The van der Waals surface area contributed by atoms with Gasteiger partial charge in [0.05, 0.1) is 12.6 Å². The minimum atomic E-state index is -0.713. The molecule has 1 N–H and O–H groups in total. The number of halogens is 1. The van der Waals surface area contributed by atoms with E-state index in [0.717, 1.165) is 5.56 Å². The number of esters is 1. The van der Waals surface area contributed by atoms with E-state index in [2.05, 4.69) is 14.7 Å². The number of H-pyrrole nitrogens is 1. The largest absolute Gasteiger partial charge is 0.465 e. The number of thiazole rings is 1. The quantitative estimate of drug-likeness (QED) is 0.739. The van der Waals surface area contributed by atoms with Gasteiger partial charge < -0.3 is 9.72 Å². The van der Waals surface area contributed by atoms with Crippen LogP contribution < -0.4 is 5.56 Å². The molecule has 5 nitrogen and oxygen atoms in total. The Bertz CT molecular complexity index is 883. The zero-order valence-corrected chi connectivity index (χ0v) is 11.7. The molecule has 3 aromatic rings. The number of fused-ring (bicyclic) bond motifs is 1. The van der Waals surface area contributed by atoms with Crippen LogP contribution in [0.15, 0.2) is 35.1 Å². The Morgan fingerprint density at radius 1 is 1.33 bits per heavy atom. The predicted molar refractivity (Wildman–Crippen MR) is 77.0 cm³/mol. The van der Waals surface area contributed by atoms with Gasteiger partial charge in [0.15, 0.2) is 0 Å². The number of pyridine rings is 1. The van der Waals surface area contributed by atoms with Crippen molar-refractivity contribution < 1.29 is 13.9 Å². The first-order valence-corrected chi connectivity index (χ1v) is 6.78. The van der Waals surface area contributed by atoms with Crippen molar-refractivity contribution in [2.75, 3.05) is 7.11 Å². The minimum absolute atomic E-state index is 0.0963. The van der Waals surface area contributed by atoms with E-state index in [1.54, 1.807) is 12.1 Å². The van der Waals surface area contributed by atoms with Crippen molar-refractivity contribution in [3.8, 4) is 10.6 Å². The van der Waals surface area contributed by atoms with Crippen molar-refractivity contribution in [1.82, 2.24) is 9.97 Å². The van der Waals surface area contributed by atoms with Crippen molar-refractivity contribution in [3.63, 3.8) is 0 Å². The fraction of sp³-hybridized carbons (Fsp3) is 0.0714. The highest BCUT2D eigenvalue weighted by atomic mass is 32.1. The second kappa shape index (κ2) is 5.10. The summed E-state index contributed by atoms with van der Waals surface area (Å²) in [6, 6.07) is 7.27. The summed E-state index contributed by atoms with van der Waals surface area (Å²) in [6.07, 6.45) is 0. The van der Waals surface area contributed by atoms with Gasteiger partial charge in [0.1, 0.15) is 21.2 Å². The standard InChI is InChI=1S/C14H9FN2O3S/c1-20-14(19)9-6-10-13(17-11(9)18)21-12(16-10)7-2-4-8(15)5-3-7/h2-6H,1H3,(H,17,18). The van der Waals surface area contributed by atoms with Gasteiger partial charge in [-0.3, -0.25) is 4.79 Å². The monoisotopic (exact) mass is 304 g/mol. The lowest BCUT2D eigenvalue weighted by Gasteiger charge is -1.96. The molecule has 0 fully saturated rings. The lowest BCUT2D eigenvalue weighted by atomic mass is 10.2. The molecule has 0 aliphatic rings. The molecule has 0 unspecified atom stereocenters. The number of carbonyl (C=O) groups excluding carboxylic acids is 1. The van der Waals surface area contributed by atoms with Crippen LogP contribution in [0.25, 0.3) is 20.9 Å². The average molecular weight is 304 g/mol. The summed E-state index contributed by atoms with van der Waals surface area (Å²) in [5.74, 6) is -1.05. The van der Waals surface area contributed by atoms with Crippen LogP contribution in [0.3, 0.4) is 0 Å². The summed E-state index contributed by atoms with van der Waals surface area (Å²) in [7, 11) is 1.21. The third kappa shape index (κ3) is 2.43. The lowest BCUT2D eigenvalue weighted by Crippen LogP contribution is -2.18. The second-order valence-corrected chi connectivity index (χ2v) is 5.24. The number of methoxy groups -OCH3 is 1. The van der Waals surface area contributed by atoms with Crippen LogP contribution in [0.1, 0.15) is 10.4 Å². The van der Waals surface area contributed by atoms with Gasteiger partial charge in [-0.15, -0.1) is 0 Å². The molecule has 2 aromatic heterocycles. The van der Waals surface area contributed by atoms with Crippen molar-refractivity contribution in [2.45, 2.75) is 0 Å². The van der Waals surface area contributed by atoms with Crippen LogP contribution in [-0.2, 0) is 4.74 Å². The molecule has 0 atom stereocenters. The number of benzene rings is 1. The zero-order chi connectivity index (χ0) is 15.0. The van der Waals surface area contributed by atoms with Gasteiger partial charge in [-0.2, -0.15) is 0 Å². The number of nitrogens with zero attached hydrogens (tertiary/aromatic N) is 1. The molecule has 0 saturated heterocycles. The predicted octanol–water partition coefficient (Wildman–Crippen LogP) is 2.58. The van der Waals surface area contributed by atoms with E-state index in [9.17, 15) is 14.0 Å². The fourth-order valence-corrected chi connectivity index (χ4v) is 2.81. The van der Waals surface area contributed by atoms with Crippen molar-refractivity contribution in [1.29, 1.82) is 0 Å². The first-order chi connectivity index (χ1) is 10.1. The Balaban J connectivity index is 2.14. The van der Waals surface area contributed by atoms with E-state index >= 15 is 0 Å². The fourth-order valence-electron chi connectivity index (χ4n) is 1.87. The maximum Gasteiger partial charge on any atom is 0.343 e. The molecule has 0 saturated carbocycles. The van der Waals surface area contributed by atoms with Crippen LogP contribution in [-0.4, -0.2) is 23.0 Å². The van der Waals surface area contributed by atoms with Gasteiger partial charge >= 0.3 is 5.97 Å². The highest BCUT2D eigenvalue weighted by Crippen LogP contribution is 2.28. The van der Waals surface area contributed by atoms with Crippen molar-refractivity contribution in [2.24, 2.45) is 0 Å². The summed E-state index contributed by atoms with van der Waals surface area (Å²) in [4.78, 5) is 30.8. The molecule has 0 radical (unpaired) electrons. The molecule has 3 rings (SSSR count). The molecule has 1 aromatic carbocycles. The number of hydrogen-bond donors (Lipinski definition) is 1. The molecule has 0 aliphatic carbocycles. The topological polar surface area (TPSA) is 72.0 Å². The maximum atomic E-state index is 12.9. The first kappa shape index (κ1) is 13.4. The SMILES string of the molecule is COC(=O)c1cc2nc(-c3ccc(F)cc3)sc2[nH]c1=O. The Hall–Kier alpha value is -2.54. The average Bonchev–Trinajstić information content (AvgIpc) is 2.89. The van der Waals surface area contributed by atoms with Crippen LogP contribution in [0, 0.1) is 5.82 Å².